The number of nitrogens with zero attached hydrogens (tertiary/aromatic N) is 1. The first-order valence-corrected chi connectivity index (χ1v) is 11.7. The van der Waals surface area contributed by atoms with E-state index in [4.69, 9.17) is 4.74 Å². The fraction of sp³-hybridized carbons (Fsp3) is 0.600. The molecule has 0 aromatic heterocycles. The highest BCUT2D eigenvalue weighted by Gasteiger charge is 2.33. The van der Waals surface area contributed by atoms with E-state index < -0.39 is 23.6 Å². The summed E-state index contributed by atoms with van der Waals surface area (Å²) in [7, 11) is 1.52. The van der Waals surface area contributed by atoms with Crippen molar-refractivity contribution in [3.05, 3.63) is 42.0 Å². The van der Waals surface area contributed by atoms with Gasteiger partial charge in [-0.1, -0.05) is 19.9 Å². The summed E-state index contributed by atoms with van der Waals surface area (Å²) in [6.45, 7) is 9.44. The third kappa shape index (κ3) is 6.24. The smallest absolute Gasteiger partial charge is 0.407 e. The number of amides is 2. The molecule has 0 radical (unpaired) electrons. The number of rotatable bonds is 10. The van der Waals surface area contributed by atoms with Gasteiger partial charge in [-0.3, -0.25) is 4.79 Å². The van der Waals surface area contributed by atoms with Gasteiger partial charge in [0.25, 0.3) is 0 Å². The maximum atomic E-state index is 14.8. The lowest BCUT2D eigenvalue weighted by atomic mass is 9.70. The lowest BCUT2D eigenvalue weighted by Crippen LogP contribution is -2.59. The van der Waals surface area contributed by atoms with Crippen molar-refractivity contribution in [2.24, 2.45) is 17.8 Å². The third-order valence-electron chi connectivity index (χ3n) is 6.91. The van der Waals surface area contributed by atoms with Gasteiger partial charge in [0.1, 0.15) is 11.6 Å². The Hall–Kier alpha value is -2.64. The van der Waals surface area contributed by atoms with E-state index in [2.05, 4.69) is 31.1 Å². The van der Waals surface area contributed by atoms with Crippen molar-refractivity contribution in [3.8, 4) is 0 Å². The molecule has 182 valence electrons. The Morgan fingerprint density at radius 1 is 1.24 bits per heavy atom. The Balaban J connectivity index is 1.46. The highest BCUT2D eigenvalue weighted by Crippen LogP contribution is 2.38. The molecule has 6 nitrogen and oxygen atoms in total. The van der Waals surface area contributed by atoms with Crippen molar-refractivity contribution in [2.45, 2.75) is 51.5 Å². The number of ether oxygens (including phenoxy) is 1. The van der Waals surface area contributed by atoms with Gasteiger partial charge in [0.2, 0.25) is 5.91 Å². The monoisotopic (exact) mass is 463 g/mol. The molecule has 1 atom stereocenters. The van der Waals surface area contributed by atoms with Crippen molar-refractivity contribution in [1.82, 2.24) is 10.6 Å². The highest BCUT2D eigenvalue weighted by molar-refractivity contribution is 5.75. The molecular formula is C25H35F2N3O3. The van der Waals surface area contributed by atoms with Crippen LogP contribution in [0.15, 0.2) is 24.8 Å². The van der Waals surface area contributed by atoms with Crippen LogP contribution in [0.2, 0.25) is 0 Å². The van der Waals surface area contributed by atoms with Crippen LogP contribution in [0.3, 0.4) is 0 Å². The molecule has 1 saturated carbocycles. The number of hydrogen-bond acceptors (Lipinski definition) is 4. The minimum atomic E-state index is -0.664. The zero-order valence-electron chi connectivity index (χ0n) is 19.7. The van der Waals surface area contributed by atoms with Crippen LogP contribution in [0.25, 0.3) is 0 Å². The fourth-order valence-electron chi connectivity index (χ4n) is 4.55. The van der Waals surface area contributed by atoms with Gasteiger partial charge in [-0.2, -0.15) is 0 Å². The summed E-state index contributed by atoms with van der Waals surface area (Å²) in [6, 6.07) is 2.47. The van der Waals surface area contributed by atoms with E-state index in [1.165, 1.54) is 25.3 Å². The molecule has 1 heterocycles. The molecule has 1 saturated heterocycles. The second kappa shape index (κ2) is 11.0. The third-order valence-corrected chi connectivity index (χ3v) is 6.91. The highest BCUT2D eigenvalue weighted by atomic mass is 19.1. The summed E-state index contributed by atoms with van der Waals surface area (Å²) >= 11 is 0. The first-order valence-electron chi connectivity index (χ1n) is 11.7. The summed E-state index contributed by atoms with van der Waals surface area (Å²) in [5.41, 5.74) is 0.343. The molecule has 8 heteroatoms. The van der Waals surface area contributed by atoms with Crippen LogP contribution in [0.4, 0.5) is 19.3 Å². The zero-order chi connectivity index (χ0) is 24.1. The summed E-state index contributed by atoms with van der Waals surface area (Å²) in [4.78, 5) is 25.3. The van der Waals surface area contributed by atoms with E-state index in [9.17, 15) is 18.4 Å². The first-order chi connectivity index (χ1) is 15.7. The number of anilines is 1. The SMILES string of the molecule is C=CC(CCC(=O)NC)c1c(F)cc(N2CC(NC(=O)OCC3CC(C(C)C)C3)C2)cc1F. The number of carbonyl (C=O) groups is 2. The van der Waals surface area contributed by atoms with E-state index in [1.54, 1.807) is 4.90 Å². The Kier molecular flexibility index (Phi) is 8.32. The molecule has 2 amide bonds. The molecule has 1 unspecified atom stereocenters. The van der Waals surface area contributed by atoms with Gasteiger partial charge in [-0.05, 0) is 49.1 Å². The first kappa shape index (κ1) is 25.0. The average Bonchev–Trinajstić information content (AvgIpc) is 2.70. The number of halogens is 2. The average molecular weight is 464 g/mol. The van der Waals surface area contributed by atoms with Crippen LogP contribution < -0.4 is 15.5 Å². The predicted octanol–water partition coefficient (Wildman–Crippen LogP) is 4.36. The normalized spacial score (nSPS) is 21.1. The molecule has 2 aliphatic rings. The lowest BCUT2D eigenvalue weighted by molar-refractivity contribution is -0.120. The van der Waals surface area contributed by atoms with Gasteiger partial charge in [-0.25, -0.2) is 13.6 Å². The minimum absolute atomic E-state index is 0.0767. The van der Waals surface area contributed by atoms with E-state index >= 15 is 0 Å². The largest absolute Gasteiger partial charge is 0.449 e. The standard InChI is InChI=1S/C25H35F2N3O3/c1-5-17(6-7-23(31)28-4)24-21(26)10-20(11-22(24)27)30-12-19(13-30)29-25(32)33-14-16-8-18(9-16)15(2)3/h5,10-11,15-19H,1,6-9,12-14H2,2-4H3,(H,28,31)(H,29,32). The molecule has 0 spiro atoms. The molecule has 1 aromatic carbocycles. The van der Waals surface area contributed by atoms with Crippen molar-refractivity contribution >= 4 is 17.7 Å². The number of nitrogens with one attached hydrogen (secondary N) is 2. The quantitative estimate of drug-likeness (QED) is 0.506. The molecular weight excluding hydrogens is 428 g/mol. The summed E-state index contributed by atoms with van der Waals surface area (Å²) in [5.74, 6) is -0.267. The van der Waals surface area contributed by atoms with Gasteiger partial charge >= 0.3 is 6.09 Å². The number of alkyl carbamates (subject to hydrolysis) is 1. The number of hydrogen-bond donors (Lipinski definition) is 2. The van der Waals surface area contributed by atoms with Crippen molar-refractivity contribution in [3.63, 3.8) is 0 Å². The summed E-state index contributed by atoms with van der Waals surface area (Å²) in [6.07, 6.45) is 3.66. The van der Waals surface area contributed by atoms with Crippen LogP contribution >= 0.6 is 0 Å². The van der Waals surface area contributed by atoms with E-state index in [0.29, 0.717) is 37.2 Å². The molecule has 33 heavy (non-hydrogen) atoms. The summed E-state index contributed by atoms with van der Waals surface area (Å²) < 4.78 is 34.9. The maximum absolute atomic E-state index is 14.8. The predicted molar refractivity (Wildman–Crippen MR) is 124 cm³/mol. The maximum Gasteiger partial charge on any atom is 0.407 e. The van der Waals surface area contributed by atoms with E-state index in [0.717, 1.165) is 18.8 Å². The fourth-order valence-corrected chi connectivity index (χ4v) is 4.55. The molecule has 1 aliphatic heterocycles. The Bertz CT molecular complexity index is 841. The molecule has 2 N–H and O–H groups in total. The van der Waals surface area contributed by atoms with Gasteiger partial charge in [0.05, 0.1) is 12.6 Å². The van der Waals surface area contributed by atoms with Crippen LogP contribution in [0, 0.1) is 29.4 Å². The van der Waals surface area contributed by atoms with Crippen molar-refractivity contribution in [1.29, 1.82) is 0 Å². The zero-order valence-corrected chi connectivity index (χ0v) is 19.7. The molecule has 3 rings (SSSR count). The summed E-state index contributed by atoms with van der Waals surface area (Å²) in [5, 5.41) is 5.31. The number of allylic oxidation sites excluding steroid dienone is 1. The number of carbonyl (C=O) groups excluding carboxylic acids is 2. The van der Waals surface area contributed by atoms with Crippen LogP contribution in [-0.4, -0.2) is 44.8 Å². The minimum Gasteiger partial charge on any atom is -0.449 e. The Morgan fingerprint density at radius 3 is 2.42 bits per heavy atom. The second-order valence-electron chi connectivity index (χ2n) is 9.56. The van der Waals surface area contributed by atoms with Crippen molar-refractivity contribution < 1.29 is 23.1 Å². The van der Waals surface area contributed by atoms with Crippen LogP contribution in [0.5, 0.6) is 0 Å². The molecule has 0 bridgehead atoms. The lowest BCUT2D eigenvalue weighted by Gasteiger charge is -2.41. The van der Waals surface area contributed by atoms with Crippen LogP contribution in [-0.2, 0) is 9.53 Å². The Morgan fingerprint density at radius 2 is 1.88 bits per heavy atom. The molecule has 1 aromatic rings. The Labute approximate surface area is 194 Å². The van der Waals surface area contributed by atoms with Gasteiger partial charge in [-0.15, -0.1) is 6.58 Å². The molecule has 2 fully saturated rings. The van der Waals surface area contributed by atoms with Gasteiger partial charge < -0.3 is 20.3 Å². The van der Waals surface area contributed by atoms with Crippen molar-refractivity contribution in [2.75, 3.05) is 31.6 Å². The molecule has 1 aliphatic carbocycles. The van der Waals surface area contributed by atoms with E-state index in [-0.39, 0.29) is 30.4 Å². The van der Waals surface area contributed by atoms with Crippen LogP contribution in [0.1, 0.15) is 51.0 Å². The van der Waals surface area contributed by atoms with Gasteiger partial charge in [0, 0.05) is 43.7 Å². The van der Waals surface area contributed by atoms with Gasteiger partial charge in [0.15, 0.2) is 0 Å². The topological polar surface area (TPSA) is 70.7 Å². The number of benzene rings is 1. The van der Waals surface area contributed by atoms with E-state index in [1.807, 2.05) is 0 Å². The second-order valence-corrected chi connectivity index (χ2v) is 9.56.